The van der Waals surface area contributed by atoms with Crippen molar-refractivity contribution < 1.29 is 14.3 Å². The van der Waals surface area contributed by atoms with Crippen LogP contribution in [0, 0.1) is 0 Å². The van der Waals surface area contributed by atoms with E-state index < -0.39 is 11.2 Å². The number of anilines is 1. The van der Waals surface area contributed by atoms with Gasteiger partial charge >= 0.3 is 11.7 Å². The molecule has 12 nitrogen and oxygen atoms in total. The quantitative estimate of drug-likeness (QED) is 0.434. The number of hydrogen-bond acceptors (Lipinski definition) is 8. The van der Waals surface area contributed by atoms with Gasteiger partial charge in [0, 0.05) is 45.5 Å². The van der Waals surface area contributed by atoms with Gasteiger partial charge < -0.3 is 31.3 Å². The molecule has 0 radical (unpaired) electrons. The summed E-state index contributed by atoms with van der Waals surface area (Å²) in [5.41, 5.74) is 11.8. The van der Waals surface area contributed by atoms with E-state index in [1.165, 1.54) is 4.57 Å². The number of piperazine rings is 1. The summed E-state index contributed by atoms with van der Waals surface area (Å²) in [5.74, 6) is 0.0157. The molecule has 194 valence electrons. The first kappa shape index (κ1) is 25.8. The molecule has 3 heterocycles. The minimum absolute atomic E-state index is 0.0292. The van der Waals surface area contributed by atoms with Crippen LogP contribution < -0.4 is 27.8 Å². The molecule has 1 aromatic heterocycles. The van der Waals surface area contributed by atoms with Gasteiger partial charge in [0.25, 0.3) is 0 Å². The van der Waals surface area contributed by atoms with Crippen molar-refractivity contribution in [1.82, 2.24) is 24.7 Å². The number of amides is 3. The van der Waals surface area contributed by atoms with E-state index in [1.807, 2.05) is 24.3 Å². The van der Waals surface area contributed by atoms with Gasteiger partial charge in [-0.25, -0.2) is 9.59 Å². The number of ether oxygens (including phenoxy) is 1. The lowest BCUT2D eigenvalue weighted by molar-refractivity contribution is -0.137. The standard InChI is InChI=1S/C24H34N8O4/c1-24(2,26)21(33)30-9-11-31(12-10-30)22(34)28-20-7-8-32(23(35)29-20)17-5-3-16(4-6-17)19-15-36-18(13-25)14-27-19/h3-8,18-19,27H,9-15,25-26H2,1-2H3,(H,28,29,34,35)/t18-,19?/m0/s1. The number of carbonyl (C=O) groups is 2. The van der Waals surface area contributed by atoms with E-state index in [9.17, 15) is 14.4 Å². The number of benzene rings is 1. The molecule has 3 amide bonds. The summed E-state index contributed by atoms with van der Waals surface area (Å²) in [4.78, 5) is 44.9. The fourth-order valence-corrected chi connectivity index (χ4v) is 4.23. The lowest BCUT2D eigenvalue weighted by Gasteiger charge is -2.37. The Bertz CT molecular complexity index is 1130. The molecular weight excluding hydrogens is 464 g/mol. The molecule has 2 saturated heterocycles. The van der Waals surface area contributed by atoms with E-state index in [2.05, 4.69) is 15.6 Å². The van der Waals surface area contributed by atoms with Crippen LogP contribution in [0.1, 0.15) is 25.5 Å². The fourth-order valence-electron chi connectivity index (χ4n) is 4.23. The van der Waals surface area contributed by atoms with Crippen molar-refractivity contribution in [2.75, 3.05) is 51.2 Å². The summed E-state index contributed by atoms with van der Waals surface area (Å²) in [6.07, 6.45) is 1.61. The van der Waals surface area contributed by atoms with E-state index in [4.69, 9.17) is 16.2 Å². The topological polar surface area (TPSA) is 161 Å². The normalized spacial score (nSPS) is 20.8. The molecule has 2 fully saturated rings. The number of nitrogens with two attached hydrogens (primary N) is 2. The Morgan fingerprint density at radius 3 is 2.36 bits per heavy atom. The average molecular weight is 499 g/mol. The van der Waals surface area contributed by atoms with Crippen LogP contribution in [-0.2, 0) is 9.53 Å². The molecule has 12 heteroatoms. The molecule has 4 rings (SSSR count). The summed E-state index contributed by atoms with van der Waals surface area (Å²) in [5, 5.41) is 6.09. The van der Waals surface area contributed by atoms with E-state index in [1.54, 1.807) is 35.9 Å². The average Bonchev–Trinajstić information content (AvgIpc) is 2.88. The van der Waals surface area contributed by atoms with Gasteiger partial charge in [-0.05, 0) is 37.6 Å². The van der Waals surface area contributed by atoms with Gasteiger partial charge in [0.2, 0.25) is 5.91 Å². The van der Waals surface area contributed by atoms with Gasteiger partial charge in [-0.2, -0.15) is 4.98 Å². The molecule has 1 unspecified atom stereocenters. The summed E-state index contributed by atoms with van der Waals surface area (Å²) >= 11 is 0. The summed E-state index contributed by atoms with van der Waals surface area (Å²) < 4.78 is 7.14. The van der Waals surface area contributed by atoms with Crippen LogP contribution in [0.3, 0.4) is 0 Å². The molecule has 0 saturated carbocycles. The van der Waals surface area contributed by atoms with E-state index in [-0.39, 0.29) is 29.9 Å². The van der Waals surface area contributed by atoms with Crippen LogP contribution in [0.2, 0.25) is 0 Å². The first-order valence-electron chi connectivity index (χ1n) is 12.0. The molecule has 2 aliphatic heterocycles. The van der Waals surface area contributed by atoms with Gasteiger partial charge in [-0.3, -0.25) is 14.7 Å². The zero-order valence-electron chi connectivity index (χ0n) is 20.6. The zero-order valence-corrected chi connectivity index (χ0v) is 20.6. The van der Waals surface area contributed by atoms with Crippen molar-refractivity contribution in [2.24, 2.45) is 11.5 Å². The highest BCUT2D eigenvalue weighted by atomic mass is 16.5. The minimum Gasteiger partial charge on any atom is -0.374 e. The van der Waals surface area contributed by atoms with Crippen LogP contribution in [0.15, 0.2) is 41.3 Å². The number of nitrogens with zero attached hydrogens (tertiary/aromatic N) is 4. The zero-order chi connectivity index (χ0) is 25.9. The molecule has 0 aliphatic carbocycles. The van der Waals surface area contributed by atoms with Crippen LogP contribution in [0.4, 0.5) is 10.6 Å². The summed E-state index contributed by atoms with van der Waals surface area (Å²) in [7, 11) is 0. The maximum atomic E-state index is 12.7. The predicted octanol–water partition coefficient (Wildman–Crippen LogP) is -0.366. The number of rotatable bonds is 5. The van der Waals surface area contributed by atoms with Crippen molar-refractivity contribution in [3.8, 4) is 5.69 Å². The summed E-state index contributed by atoms with van der Waals surface area (Å²) in [6.45, 7) is 6.56. The van der Waals surface area contributed by atoms with Crippen molar-refractivity contribution in [3.63, 3.8) is 0 Å². The second kappa shape index (κ2) is 10.7. The molecule has 1 aromatic carbocycles. The Morgan fingerprint density at radius 1 is 1.14 bits per heavy atom. The van der Waals surface area contributed by atoms with Crippen molar-refractivity contribution >= 4 is 17.8 Å². The molecule has 2 aliphatic rings. The Kier molecular flexibility index (Phi) is 7.69. The lowest BCUT2D eigenvalue weighted by Crippen LogP contribution is -2.58. The van der Waals surface area contributed by atoms with Crippen molar-refractivity contribution in [1.29, 1.82) is 0 Å². The first-order chi connectivity index (χ1) is 17.2. The third-order valence-corrected chi connectivity index (χ3v) is 6.37. The molecular formula is C24H34N8O4. The second-order valence-corrected chi connectivity index (χ2v) is 9.64. The predicted molar refractivity (Wildman–Crippen MR) is 135 cm³/mol. The van der Waals surface area contributed by atoms with Gasteiger partial charge in [0.1, 0.15) is 5.82 Å². The van der Waals surface area contributed by atoms with Crippen molar-refractivity contribution in [2.45, 2.75) is 31.5 Å². The maximum absolute atomic E-state index is 12.7. The van der Waals surface area contributed by atoms with Crippen LogP contribution in [0.5, 0.6) is 0 Å². The molecule has 2 atom stereocenters. The van der Waals surface area contributed by atoms with Crippen molar-refractivity contribution in [3.05, 3.63) is 52.6 Å². The molecule has 2 aromatic rings. The number of morpholine rings is 1. The maximum Gasteiger partial charge on any atom is 0.354 e. The monoisotopic (exact) mass is 498 g/mol. The highest BCUT2D eigenvalue weighted by Crippen LogP contribution is 2.19. The van der Waals surface area contributed by atoms with Gasteiger partial charge in [-0.1, -0.05) is 12.1 Å². The Labute approximate surface area is 209 Å². The van der Waals surface area contributed by atoms with Gasteiger partial charge in [0.05, 0.1) is 30.0 Å². The number of nitrogens with one attached hydrogen (secondary N) is 2. The highest BCUT2D eigenvalue weighted by molar-refractivity contribution is 5.89. The lowest BCUT2D eigenvalue weighted by atomic mass is 10.1. The first-order valence-corrected chi connectivity index (χ1v) is 12.0. The molecule has 6 N–H and O–H groups in total. The highest BCUT2D eigenvalue weighted by Gasteiger charge is 2.31. The molecule has 0 bridgehead atoms. The van der Waals surface area contributed by atoms with Crippen LogP contribution >= 0.6 is 0 Å². The number of carbonyl (C=O) groups excluding carboxylic acids is 2. The fraction of sp³-hybridized carbons (Fsp3) is 0.500. The Morgan fingerprint density at radius 2 is 1.81 bits per heavy atom. The van der Waals surface area contributed by atoms with Gasteiger partial charge in [-0.15, -0.1) is 0 Å². The smallest absolute Gasteiger partial charge is 0.354 e. The largest absolute Gasteiger partial charge is 0.374 e. The number of aromatic nitrogens is 2. The third-order valence-electron chi connectivity index (χ3n) is 6.37. The Balaban J connectivity index is 1.34. The molecule has 36 heavy (non-hydrogen) atoms. The third kappa shape index (κ3) is 5.90. The van der Waals surface area contributed by atoms with Gasteiger partial charge in [0.15, 0.2) is 0 Å². The van der Waals surface area contributed by atoms with E-state index in [0.717, 1.165) is 5.56 Å². The second-order valence-electron chi connectivity index (χ2n) is 9.64. The Hall–Kier alpha value is -3.32. The van der Waals surface area contributed by atoms with E-state index >= 15 is 0 Å². The summed E-state index contributed by atoms with van der Waals surface area (Å²) in [6, 6.07) is 8.84. The van der Waals surface area contributed by atoms with E-state index in [0.29, 0.717) is 51.6 Å². The number of hydrogen-bond donors (Lipinski definition) is 4. The van der Waals surface area contributed by atoms with Crippen LogP contribution in [0.25, 0.3) is 5.69 Å². The molecule has 0 spiro atoms. The van der Waals surface area contributed by atoms with Crippen LogP contribution in [-0.4, -0.2) is 88.8 Å². The SMILES string of the molecule is CC(C)(N)C(=O)N1CCN(C(=O)Nc2ccn(-c3ccc(C4CO[C@@H](CN)CN4)cc3)c(=O)n2)CC1. The number of urea groups is 1. The minimum atomic E-state index is -0.950.